The topological polar surface area (TPSA) is 55.6 Å². The van der Waals surface area contributed by atoms with Gasteiger partial charge in [-0.15, -0.1) is 0 Å². The quantitative estimate of drug-likeness (QED) is 0.687. The minimum absolute atomic E-state index is 0.405. The summed E-state index contributed by atoms with van der Waals surface area (Å²) in [6, 6.07) is 0. The fourth-order valence-corrected chi connectivity index (χ4v) is 1.60. The third-order valence-electron chi connectivity index (χ3n) is 2.14. The second kappa shape index (κ2) is 4.29. The molecule has 0 saturated carbocycles. The van der Waals surface area contributed by atoms with Crippen molar-refractivity contribution in [3.05, 3.63) is 23.4 Å². The van der Waals surface area contributed by atoms with E-state index >= 15 is 0 Å². The first-order valence-corrected chi connectivity index (χ1v) is 5.35. The Labute approximate surface area is 96.7 Å². The van der Waals surface area contributed by atoms with Crippen molar-refractivity contribution in [3.8, 4) is 0 Å². The van der Waals surface area contributed by atoms with Gasteiger partial charge in [-0.05, 0) is 46.8 Å². The van der Waals surface area contributed by atoms with Crippen LogP contribution < -0.4 is 5.73 Å². The van der Waals surface area contributed by atoms with Gasteiger partial charge in [0.1, 0.15) is 11.8 Å². The lowest BCUT2D eigenvalue weighted by atomic mass is 10.1. The minimum atomic E-state index is -0.507. The predicted octanol–water partition coefficient (Wildman–Crippen LogP) is 2.37. The zero-order valence-electron chi connectivity index (χ0n) is 10.6. The molecule has 0 aromatic rings. The number of amides is 1. The van der Waals surface area contributed by atoms with Gasteiger partial charge in [0, 0.05) is 5.70 Å². The van der Waals surface area contributed by atoms with Crippen molar-refractivity contribution in [2.24, 2.45) is 5.73 Å². The fourth-order valence-electron chi connectivity index (χ4n) is 1.60. The Morgan fingerprint density at radius 1 is 1.44 bits per heavy atom. The van der Waals surface area contributed by atoms with Crippen LogP contribution in [0.5, 0.6) is 0 Å². The average Bonchev–Trinajstić information content (AvgIpc) is 1.96. The third-order valence-corrected chi connectivity index (χ3v) is 2.14. The van der Waals surface area contributed by atoms with Gasteiger partial charge in [0.05, 0.1) is 0 Å². The Morgan fingerprint density at radius 3 is 2.44 bits per heavy atom. The molecule has 2 N–H and O–H groups in total. The average molecular weight is 224 g/mol. The Hall–Kier alpha value is -1.29. The van der Waals surface area contributed by atoms with Gasteiger partial charge >= 0.3 is 6.09 Å². The predicted molar refractivity (Wildman–Crippen MR) is 63.6 cm³/mol. The highest BCUT2D eigenvalue weighted by atomic mass is 16.6. The van der Waals surface area contributed by atoms with Gasteiger partial charge in [0.15, 0.2) is 0 Å². The van der Waals surface area contributed by atoms with Crippen molar-refractivity contribution in [1.29, 1.82) is 0 Å². The first kappa shape index (κ1) is 12.8. The second-order valence-corrected chi connectivity index (χ2v) is 5.04. The van der Waals surface area contributed by atoms with E-state index in [9.17, 15) is 4.79 Å². The summed E-state index contributed by atoms with van der Waals surface area (Å²) in [6.07, 6.45) is 2.89. The molecule has 0 saturated heterocycles. The molecule has 1 aliphatic heterocycles. The van der Waals surface area contributed by atoms with Gasteiger partial charge in [-0.25, -0.2) is 4.79 Å². The third kappa shape index (κ3) is 3.10. The zero-order valence-corrected chi connectivity index (χ0v) is 10.6. The monoisotopic (exact) mass is 224 g/mol. The maximum Gasteiger partial charge on any atom is 0.416 e. The molecule has 0 aromatic carbocycles. The first-order chi connectivity index (χ1) is 7.20. The van der Waals surface area contributed by atoms with Gasteiger partial charge in [-0.1, -0.05) is 5.57 Å². The van der Waals surface area contributed by atoms with Crippen LogP contribution in [-0.2, 0) is 4.74 Å². The molecule has 1 amide bonds. The lowest BCUT2D eigenvalue weighted by Crippen LogP contribution is -2.47. The number of rotatable bonds is 0. The van der Waals surface area contributed by atoms with Crippen molar-refractivity contribution in [2.45, 2.75) is 46.4 Å². The SMILES string of the molecule is CC1=CC(N)N(C(=O)OC(C)(C)C)C(C)=C1. The summed E-state index contributed by atoms with van der Waals surface area (Å²) in [4.78, 5) is 13.4. The van der Waals surface area contributed by atoms with Gasteiger partial charge in [0.2, 0.25) is 0 Å². The summed E-state index contributed by atoms with van der Waals surface area (Å²) in [7, 11) is 0. The van der Waals surface area contributed by atoms with E-state index in [0.717, 1.165) is 11.3 Å². The largest absolute Gasteiger partial charge is 0.443 e. The molecule has 1 unspecified atom stereocenters. The number of hydrogen-bond donors (Lipinski definition) is 1. The second-order valence-electron chi connectivity index (χ2n) is 5.04. The molecule has 0 radical (unpaired) electrons. The van der Waals surface area contributed by atoms with E-state index in [2.05, 4.69) is 0 Å². The maximum absolute atomic E-state index is 11.9. The van der Waals surface area contributed by atoms with Crippen LogP contribution in [0.1, 0.15) is 34.6 Å². The van der Waals surface area contributed by atoms with Gasteiger partial charge in [-0.2, -0.15) is 0 Å². The number of nitrogens with zero attached hydrogens (tertiary/aromatic N) is 1. The van der Waals surface area contributed by atoms with Crippen LogP contribution in [0.4, 0.5) is 4.79 Å². The molecule has 1 atom stereocenters. The molecule has 90 valence electrons. The van der Waals surface area contributed by atoms with E-state index in [4.69, 9.17) is 10.5 Å². The van der Waals surface area contributed by atoms with Crippen molar-refractivity contribution in [2.75, 3.05) is 0 Å². The Balaban J connectivity index is 2.82. The van der Waals surface area contributed by atoms with Gasteiger partial charge in [-0.3, -0.25) is 4.90 Å². The van der Waals surface area contributed by atoms with Crippen LogP contribution in [0.15, 0.2) is 23.4 Å². The summed E-state index contributed by atoms with van der Waals surface area (Å²) in [6.45, 7) is 9.30. The summed E-state index contributed by atoms with van der Waals surface area (Å²) >= 11 is 0. The Kier molecular flexibility index (Phi) is 3.43. The van der Waals surface area contributed by atoms with Crippen LogP contribution >= 0.6 is 0 Å². The lowest BCUT2D eigenvalue weighted by Gasteiger charge is -2.32. The summed E-state index contributed by atoms with van der Waals surface area (Å²) in [5.74, 6) is 0. The Morgan fingerprint density at radius 2 is 2.00 bits per heavy atom. The number of ether oxygens (including phenoxy) is 1. The molecule has 0 aliphatic carbocycles. The maximum atomic E-state index is 11.9. The highest BCUT2D eigenvalue weighted by Crippen LogP contribution is 2.20. The van der Waals surface area contributed by atoms with Gasteiger partial charge < -0.3 is 10.5 Å². The van der Waals surface area contributed by atoms with Gasteiger partial charge in [0.25, 0.3) is 0 Å². The molecular weight excluding hydrogens is 204 g/mol. The van der Waals surface area contributed by atoms with Crippen LogP contribution in [0.3, 0.4) is 0 Å². The van der Waals surface area contributed by atoms with E-state index in [1.807, 2.05) is 46.8 Å². The minimum Gasteiger partial charge on any atom is -0.443 e. The van der Waals surface area contributed by atoms with Crippen LogP contribution in [0.2, 0.25) is 0 Å². The van der Waals surface area contributed by atoms with Crippen molar-refractivity contribution < 1.29 is 9.53 Å². The molecule has 0 fully saturated rings. The lowest BCUT2D eigenvalue weighted by molar-refractivity contribution is 0.0273. The van der Waals surface area contributed by atoms with E-state index in [1.54, 1.807) is 0 Å². The molecule has 0 spiro atoms. The summed E-state index contributed by atoms with van der Waals surface area (Å²) < 4.78 is 5.29. The summed E-state index contributed by atoms with van der Waals surface area (Å²) in [5, 5.41) is 0. The van der Waals surface area contributed by atoms with Crippen LogP contribution in [-0.4, -0.2) is 22.8 Å². The highest BCUT2D eigenvalue weighted by molar-refractivity contribution is 5.71. The Bertz CT molecular complexity index is 351. The molecule has 1 rings (SSSR count). The van der Waals surface area contributed by atoms with E-state index in [0.29, 0.717) is 0 Å². The molecule has 1 aliphatic rings. The fraction of sp³-hybridized carbons (Fsp3) is 0.583. The number of carbonyl (C=O) groups is 1. The number of carbonyl (C=O) groups excluding carboxylic acids is 1. The molecule has 0 aromatic heterocycles. The normalized spacial score (nSPS) is 21.4. The van der Waals surface area contributed by atoms with E-state index < -0.39 is 17.9 Å². The molecule has 16 heavy (non-hydrogen) atoms. The van der Waals surface area contributed by atoms with Crippen molar-refractivity contribution >= 4 is 6.09 Å². The molecule has 4 heteroatoms. The highest BCUT2D eigenvalue weighted by Gasteiger charge is 2.28. The van der Waals surface area contributed by atoms with Crippen molar-refractivity contribution in [3.63, 3.8) is 0 Å². The molecular formula is C12H20N2O2. The summed E-state index contributed by atoms with van der Waals surface area (Å²) in [5.41, 5.74) is 7.25. The zero-order chi connectivity index (χ0) is 12.5. The standard InChI is InChI=1S/C12H20N2O2/c1-8-6-9(2)14(10(13)7-8)11(15)16-12(3,4)5/h6-7,10H,13H2,1-5H3. The van der Waals surface area contributed by atoms with Crippen molar-refractivity contribution in [1.82, 2.24) is 4.90 Å². The van der Waals surface area contributed by atoms with Crippen LogP contribution in [0, 0.1) is 0 Å². The number of hydrogen-bond acceptors (Lipinski definition) is 3. The van der Waals surface area contributed by atoms with E-state index in [1.165, 1.54) is 4.90 Å². The first-order valence-electron chi connectivity index (χ1n) is 5.35. The van der Waals surface area contributed by atoms with E-state index in [-0.39, 0.29) is 0 Å². The number of allylic oxidation sites excluding steroid dienone is 3. The smallest absolute Gasteiger partial charge is 0.416 e. The van der Waals surface area contributed by atoms with Crippen LogP contribution in [0.25, 0.3) is 0 Å². The number of nitrogens with two attached hydrogens (primary N) is 1. The molecule has 4 nitrogen and oxygen atoms in total. The molecule has 1 heterocycles. The molecule has 0 bridgehead atoms.